The lowest BCUT2D eigenvalue weighted by molar-refractivity contribution is -0.116. The number of fused-ring (bicyclic) bond motifs is 1. The largest absolute Gasteiger partial charge is 0.402 e. The average Bonchev–Trinajstić information content (AvgIpc) is 3.37. The Kier molecular flexibility index (Phi) is 6.12. The SMILES string of the molecule is C[C@H]1CN(c2sc(C3(C)CC3)nc2-c2nnc(N[C@H]3N=C(c4ccccc4)c4ccccc4NC3=O)o2)CCO1. The van der Waals surface area contributed by atoms with E-state index in [1.165, 1.54) is 0 Å². The number of aliphatic imine (C=N–C) groups is 1. The molecule has 4 heterocycles. The van der Waals surface area contributed by atoms with Crippen LogP contribution in [-0.2, 0) is 14.9 Å². The molecule has 1 amide bonds. The molecule has 2 aromatic heterocycles. The minimum atomic E-state index is -0.980. The molecular formula is C29H29N7O3S. The molecule has 2 N–H and O–H groups in total. The van der Waals surface area contributed by atoms with Gasteiger partial charge in [-0.25, -0.2) is 9.98 Å². The summed E-state index contributed by atoms with van der Waals surface area (Å²) < 4.78 is 11.9. The molecule has 1 aliphatic carbocycles. The number of aromatic nitrogens is 3. The van der Waals surface area contributed by atoms with Crippen molar-refractivity contribution in [1.82, 2.24) is 15.2 Å². The van der Waals surface area contributed by atoms with Gasteiger partial charge in [-0.3, -0.25) is 4.79 Å². The van der Waals surface area contributed by atoms with Gasteiger partial charge in [0.1, 0.15) is 10.0 Å². The number of carbonyl (C=O) groups excluding carboxylic acids is 1. The molecule has 2 aliphatic heterocycles. The Labute approximate surface area is 235 Å². The van der Waals surface area contributed by atoms with Gasteiger partial charge in [0.2, 0.25) is 6.17 Å². The molecule has 4 aromatic rings. The second-order valence-corrected chi connectivity index (χ2v) is 11.7. The highest BCUT2D eigenvalue weighted by Gasteiger charge is 2.43. The van der Waals surface area contributed by atoms with E-state index in [0.717, 1.165) is 47.1 Å². The van der Waals surface area contributed by atoms with E-state index in [4.69, 9.17) is 19.1 Å². The summed E-state index contributed by atoms with van der Waals surface area (Å²) in [6, 6.07) is 17.5. The topological polar surface area (TPSA) is 118 Å². The highest BCUT2D eigenvalue weighted by molar-refractivity contribution is 7.16. The zero-order chi connectivity index (χ0) is 27.3. The van der Waals surface area contributed by atoms with Crippen LogP contribution in [0.25, 0.3) is 11.6 Å². The first-order chi connectivity index (χ1) is 19.5. The van der Waals surface area contributed by atoms with Gasteiger partial charge in [-0.2, -0.15) is 0 Å². The van der Waals surface area contributed by atoms with E-state index in [2.05, 4.69) is 39.6 Å². The molecule has 0 radical (unpaired) electrons. The van der Waals surface area contributed by atoms with Crippen molar-refractivity contribution < 1.29 is 13.9 Å². The summed E-state index contributed by atoms with van der Waals surface area (Å²) in [4.78, 5) is 25.3. The lowest BCUT2D eigenvalue weighted by Gasteiger charge is -2.31. The molecule has 1 saturated carbocycles. The van der Waals surface area contributed by atoms with E-state index in [-0.39, 0.29) is 23.4 Å². The lowest BCUT2D eigenvalue weighted by atomic mass is 10.0. The summed E-state index contributed by atoms with van der Waals surface area (Å²) in [5, 5.41) is 16.7. The van der Waals surface area contributed by atoms with E-state index >= 15 is 0 Å². The number of ether oxygens (including phenoxy) is 1. The van der Waals surface area contributed by atoms with Crippen molar-refractivity contribution >= 4 is 39.7 Å². The third kappa shape index (κ3) is 4.65. The first-order valence-electron chi connectivity index (χ1n) is 13.5. The summed E-state index contributed by atoms with van der Waals surface area (Å²) in [6.07, 6.45) is 1.39. The molecule has 1 saturated heterocycles. The van der Waals surface area contributed by atoms with Crippen LogP contribution in [0.2, 0.25) is 0 Å². The number of benzene rings is 2. The standard InChI is InChI=1S/C29H29N7O3S/c1-17-16-36(14-15-38-17)26-22(32-27(40-26)29(2)12-13-29)25-34-35-28(39-25)33-23-24(37)30-20-11-7-6-10-19(20)21(31-23)18-8-4-3-5-9-18/h3-11,17,23H,12-16H2,1-2H3,(H,30,37)(H,33,35)/t17-,23+/m0/s1. The van der Waals surface area contributed by atoms with Crippen molar-refractivity contribution in [1.29, 1.82) is 0 Å². The summed E-state index contributed by atoms with van der Waals surface area (Å²) >= 11 is 1.70. The van der Waals surface area contributed by atoms with Gasteiger partial charge in [0.15, 0.2) is 5.69 Å². The molecule has 40 heavy (non-hydrogen) atoms. The smallest absolute Gasteiger partial charge is 0.317 e. The molecule has 2 atom stereocenters. The first kappa shape index (κ1) is 24.9. The molecule has 2 aromatic carbocycles. The Morgan fingerprint density at radius 2 is 1.90 bits per heavy atom. The zero-order valence-corrected chi connectivity index (χ0v) is 23.1. The van der Waals surface area contributed by atoms with E-state index in [0.29, 0.717) is 29.6 Å². The predicted octanol–water partition coefficient (Wildman–Crippen LogP) is 4.70. The number of benzodiazepines with no additional fused rings is 1. The third-order valence-electron chi connectivity index (χ3n) is 7.54. The lowest BCUT2D eigenvalue weighted by Crippen LogP contribution is -2.40. The second kappa shape index (κ2) is 9.83. The van der Waals surface area contributed by atoms with Crippen molar-refractivity contribution in [3.63, 3.8) is 0 Å². The molecule has 3 aliphatic rings. The van der Waals surface area contributed by atoms with E-state index < -0.39 is 6.17 Å². The quantitative estimate of drug-likeness (QED) is 0.352. The van der Waals surface area contributed by atoms with Crippen LogP contribution >= 0.6 is 11.3 Å². The Bertz CT molecular complexity index is 1590. The van der Waals surface area contributed by atoms with Crippen molar-refractivity contribution in [2.45, 2.75) is 44.4 Å². The van der Waals surface area contributed by atoms with Crippen LogP contribution in [0, 0.1) is 0 Å². The van der Waals surface area contributed by atoms with E-state index in [1.807, 2.05) is 54.6 Å². The van der Waals surface area contributed by atoms with Gasteiger partial charge in [-0.1, -0.05) is 60.6 Å². The number of anilines is 3. The van der Waals surface area contributed by atoms with E-state index in [1.54, 1.807) is 11.3 Å². The molecular weight excluding hydrogens is 526 g/mol. The Balaban J connectivity index is 1.21. The number of rotatable bonds is 6. The van der Waals surface area contributed by atoms with Gasteiger partial charge >= 0.3 is 6.01 Å². The van der Waals surface area contributed by atoms with Gasteiger partial charge in [-0.15, -0.1) is 16.4 Å². The predicted molar refractivity (Wildman–Crippen MR) is 154 cm³/mol. The normalized spacial score (nSPS) is 21.7. The highest BCUT2D eigenvalue weighted by Crippen LogP contribution is 2.52. The molecule has 0 bridgehead atoms. The van der Waals surface area contributed by atoms with Gasteiger partial charge in [-0.05, 0) is 25.8 Å². The second-order valence-electron chi connectivity index (χ2n) is 10.7. The number of thiazole rings is 1. The van der Waals surface area contributed by atoms with Crippen LogP contribution in [0.4, 0.5) is 16.7 Å². The van der Waals surface area contributed by atoms with E-state index in [9.17, 15) is 4.79 Å². The molecule has 7 rings (SSSR count). The third-order valence-corrected chi connectivity index (χ3v) is 8.96. The molecule has 0 spiro atoms. The molecule has 204 valence electrons. The Morgan fingerprint density at radius 1 is 1.10 bits per heavy atom. The highest BCUT2D eigenvalue weighted by atomic mass is 32.1. The van der Waals surface area contributed by atoms with Crippen LogP contribution in [0.3, 0.4) is 0 Å². The number of carbonyl (C=O) groups is 1. The van der Waals surface area contributed by atoms with Gasteiger partial charge < -0.3 is 24.7 Å². The summed E-state index contributed by atoms with van der Waals surface area (Å²) in [6.45, 7) is 6.51. The van der Waals surface area contributed by atoms with Crippen LogP contribution < -0.4 is 15.5 Å². The van der Waals surface area contributed by atoms with Crippen LogP contribution in [0.15, 0.2) is 64.0 Å². The number of amides is 1. The van der Waals surface area contributed by atoms with Crippen LogP contribution in [-0.4, -0.2) is 58.8 Å². The maximum absolute atomic E-state index is 13.2. The van der Waals surface area contributed by atoms with Crippen molar-refractivity contribution in [2.24, 2.45) is 4.99 Å². The summed E-state index contributed by atoms with van der Waals surface area (Å²) in [7, 11) is 0. The fourth-order valence-electron chi connectivity index (χ4n) is 5.00. The number of para-hydroxylation sites is 1. The molecule has 11 heteroatoms. The average molecular weight is 556 g/mol. The molecule has 10 nitrogen and oxygen atoms in total. The Hall–Kier alpha value is -4.09. The maximum Gasteiger partial charge on any atom is 0.317 e. The number of nitrogens with one attached hydrogen (secondary N) is 2. The van der Waals surface area contributed by atoms with Crippen LogP contribution in [0.5, 0.6) is 0 Å². The fourth-order valence-corrected chi connectivity index (χ4v) is 6.30. The van der Waals surface area contributed by atoms with Gasteiger partial charge in [0.05, 0.1) is 24.1 Å². The van der Waals surface area contributed by atoms with Gasteiger partial charge in [0.25, 0.3) is 11.8 Å². The number of nitrogens with zero attached hydrogens (tertiary/aromatic N) is 5. The number of hydrogen-bond acceptors (Lipinski definition) is 10. The molecule has 0 unspecified atom stereocenters. The fraction of sp³-hybridized carbons (Fsp3) is 0.345. The first-order valence-corrected chi connectivity index (χ1v) is 14.3. The summed E-state index contributed by atoms with van der Waals surface area (Å²) in [5.41, 5.74) is 3.90. The van der Waals surface area contributed by atoms with Crippen LogP contribution in [0.1, 0.15) is 42.8 Å². The molecule has 2 fully saturated rings. The van der Waals surface area contributed by atoms with Crippen molar-refractivity contribution in [3.8, 4) is 11.6 Å². The van der Waals surface area contributed by atoms with Gasteiger partial charge in [0, 0.05) is 29.6 Å². The minimum absolute atomic E-state index is 0.103. The maximum atomic E-state index is 13.2. The summed E-state index contributed by atoms with van der Waals surface area (Å²) in [5.74, 6) is -0.00768. The zero-order valence-electron chi connectivity index (χ0n) is 22.3. The van der Waals surface area contributed by atoms with Crippen molar-refractivity contribution in [3.05, 3.63) is 70.7 Å². The number of hydrogen-bond donors (Lipinski definition) is 2. The Morgan fingerprint density at radius 3 is 2.70 bits per heavy atom. The minimum Gasteiger partial charge on any atom is -0.402 e. The monoisotopic (exact) mass is 555 g/mol. The van der Waals surface area contributed by atoms with Crippen molar-refractivity contribution in [2.75, 3.05) is 35.2 Å². The number of morpholine rings is 1.